The molecule has 12 heteroatoms. The number of nitrogens with zero attached hydrogens (tertiary/aromatic N) is 7. The highest BCUT2D eigenvalue weighted by atomic mass is 35.5. The van der Waals surface area contributed by atoms with Gasteiger partial charge in [0.25, 0.3) is 0 Å². The lowest BCUT2D eigenvalue weighted by molar-refractivity contribution is -0.0178. The van der Waals surface area contributed by atoms with E-state index in [-0.39, 0.29) is 18.8 Å². The summed E-state index contributed by atoms with van der Waals surface area (Å²) in [4.78, 5) is 16.9. The molecule has 37 heavy (non-hydrogen) atoms. The molecule has 1 saturated heterocycles. The van der Waals surface area contributed by atoms with Crippen molar-refractivity contribution in [3.05, 3.63) is 51.8 Å². The van der Waals surface area contributed by atoms with Crippen LogP contribution in [-0.4, -0.2) is 62.3 Å². The average Bonchev–Trinajstić information content (AvgIpc) is 3.50. The Balaban J connectivity index is 1.47. The third-order valence-corrected chi connectivity index (χ3v) is 8.08. The minimum Gasteiger partial charge on any atom is -0.395 e. The Kier molecular flexibility index (Phi) is 6.47. The number of hydrogen-bond donors (Lipinski definition) is 1. The van der Waals surface area contributed by atoms with Crippen molar-refractivity contribution in [2.45, 2.75) is 44.6 Å². The van der Waals surface area contributed by atoms with Crippen LogP contribution in [0.2, 0.25) is 5.02 Å². The zero-order chi connectivity index (χ0) is 25.7. The molecule has 194 valence electrons. The first-order chi connectivity index (χ1) is 17.9. The normalized spacial score (nSPS) is 20.8. The first-order valence-corrected chi connectivity index (χ1v) is 13.5. The zero-order valence-electron chi connectivity index (χ0n) is 20.5. The molecule has 0 spiro atoms. The van der Waals surface area contributed by atoms with Gasteiger partial charge < -0.3 is 14.7 Å². The van der Waals surface area contributed by atoms with Gasteiger partial charge in [-0.15, -0.1) is 0 Å². The fourth-order valence-electron chi connectivity index (χ4n) is 4.77. The molecule has 1 aromatic carbocycles. The van der Waals surface area contributed by atoms with Gasteiger partial charge in [-0.3, -0.25) is 14.2 Å². The van der Waals surface area contributed by atoms with Crippen LogP contribution in [0.25, 0.3) is 21.6 Å². The zero-order valence-corrected chi connectivity index (χ0v) is 22.1. The molecule has 6 rings (SSSR count). The first-order valence-electron chi connectivity index (χ1n) is 12.3. The molecule has 0 amide bonds. The maximum atomic E-state index is 15.1. The number of thiazole rings is 1. The molecule has 2 fully saturated rings. The molecule has 0 radical (unpaired) electrons. The van der Waals surface area contributed by atoms with Crippen LogP contribution in [0, 0.1) is 5.82 Å². The lowest BCUT2D eigenvalue weighted by Gasteiger charge is -2.36. The highest BCUT2D eigenvalue weighted by molar-refractivity contribution is 7.16. The summed E-state index contributed by atoms with van der Waals surface area (Å²) in [6, 6.07) is 5.07. The average molecular weight is 544 g/mol. The molecular weight excluding hydrogens is 517 g/mol. The number of aromatic nitrogens is 5. The van der Waals surface area contributed by atoms with Crippen LogP contribution < -0.4 is 9.70 Å². The van der Waals surface area contributed by atoms with Gasteiger partial charge >= 0.3 is 0 Å². The summed E-state index contributed by atoms with van der Waals surface area (Å²) >= 11 is 7.41. The van der Waals surface area contributed by atoms with Crippen molar-refractivity contribution in [1.29, 1.82) is 0 Å². The molecular formula is C25H27ClFN7O2S. The summed E-state index contributed by atoms with van der Waals surface area (Å²) in [5.74, 6) is 0.00925. The number of aliphatic hydroxyl groups excluding tert-OH is 1. The lowest BCUT2D eigenvalue weighted by Crippen LogP contribution is -2.43. The maximum Gasteiger partial charge on any atom is 0.228 e. The van der Waals surface area contributed by atoms with Crippen molar-refractivity contribution in [3.8, 4) is 11.3 Å². The van der Waals surface area contributed by atoms with Gasteiger partial charge in [-0.1, -0.05) is 22.9 Å². The Morgan fingerprint density at radius 1 is 1.27 bits per heavy atom. The minimum atomic E-state index is -0.462. The van der Waals surface area contributed by atoms with Crippen LogP contribution in [0.1, 0.15) is 37.5 Å². The third kappa shape index (κ3) is 4.65. The van der Waals surface area contributed by atoms with Crippen LogP contribution in [0.15, 0.2) is 35.6 Å². The molecule has 4 heterocycles. The van der Waals surface area contributed by atoms with E-state index in [9.17, 15) is 5.11 Å². The SMILES string of the molecule is C/N=c1\sc2c(-c3ccc(Cl)cc3F)nc(N3C[C@@H](C)O[C@@H](c4cnn(C5CC5)c4)C3)nc2n1CCO. The number of halogens is 2. The molecule has 1 aliphatic carbocycles. The number of anilines is 1. The summed E-state index contributed by atoms with van der Waals surface area (Å²) in [5.41, 5.74) is 2.43. The quantitative estimate of drug-likeness (QED) is 0.395. The fraction of sp³-hybridized carbons (Fsp3) is 0.440. The van der Waals surface area contributed by atoms with E-state index in [2.05, 4.69) is 21.2 Å². The Labute approximate surface area is 221 Å². The van der Waals surface area contributed by atoms with E-state index in [1.807, 2.05) is 22.4 Å². The van der Waals surface area contributed by atoms with Crippen molar-refractivity contribution in [3.63, 3.8) is 0 Å². The molecule has 2 atom stereocenters. The second kappa shape index (κ2) is 9.79. The smallest absolute Gasteiger partial charge is 0.228 e. The van der Waals surface area contributed by atoms with Crippen molar-refractivity contribution in [2.75, 3.05) is 31.6 Å². The van der Waals surface area contributed by atoms with Gasteiger partial charge in [-0.05, 0) is 38.0 Å². The number of hydrogen-bond acceptors (Lipinski definition) is 8. The van der Waals surface area contributed by atoms with Gasteiger partial charge in [-0.2, -0.15) is 10.1 Å². The van der Waals surface area contributed by atoms with E-state index in [4.69, 9.17) is 26.3 Å². The van der Waals surface area contributed by atoms with Gasteiger partial charge in [-0.25, -0.2) is 9.37 Å². The minimum absolute atomic E-state index is 0.0775. The predicted molar refractivity (Wildman–Crippen MR) is 140 cm³/mol. The highest BCUT2D eigenvalue weighted by Gasteiger charge is 2.32. The summed E-state index contributed by atoms with van der Waals surface area (Å²) < 4.78 is 26.0. The molecule has 4 aromatic rings. The van der Waals surface area contributed by atoms with Gasteiger partial charge in [0, 0.05) is 35.9 Å². The van der Waals surface area contributed by atoms with E-state index >= 15 is 4.39 Å². The summed E-state index contributed by atoms with van der Waals surface area (Å²) in [6.07, 6.45) is 5.99. The van der Waals surface area contributed by atoms with E-state index in [1.165, 1.54) is 17.4 Å². The number of rotatable bonds is 6. The van der Waals surface area contributed by atoms with Crippen molar-refractivity contribution in [1.82, 2.24) is 24.3 Å². The first kappa shape index (κ1) is 24.5. The fourth-order valence-corrected chi connectivity index (χ4v) is 5.99. The molecule has 0 unspecified atom stereocenters. The summed E-state index contributed by atoms with van der Waals surface area (Å²) in [7, 11) is 1.69. The van der Waals surface area contributed by atoms with E-state index in [0.717, 1.165) is 18.4 Å². The number of morpholine rings is 1. The molecule has 1 saturated carbocycles. The van der Waals surface area contributed by atoms with Crippen molar-refractivity contribution < 1.29 is 14.2 Å². The van der Waals surface area contributed by atoms with Crippen molar-refractivity contribution >= 4 is 39.2 Å². The van der Waals surface area contributed by atoms with Gasteiger partial charge in [0.1, 0.15) is 16.6 Å². The van der Waals surface area contributed by atoms with Gasteiger partial charge in [0.05, 0.1) is 43.7 Å². The Hall–Kier alpha value is -2.86. The number of fused-ring (bicyclic) bond motifs is 1. The standard InChI is InChI=1S/C25H27ClFN7O2S/c1-14-11-32(13-20(36-14)15-10-29-34(12-15)17-4-5-17)24-30-21(18-6-3-16(26)9-19(18)27)22-23(31-24)33(7-8-35)25(28-2)37-22/h3,6,9-10,12,14,17,20,35H,4-5,7-8,11,13H2,1-2H3/b28-25-/t14-,20-/m1/s1. The Bertz CT molecular complexity index is 1530. The van der Waals surface area contributed by atoms with Crippen LogP contribution >= 0.6 is 22.9 Å². The van der Waals surface area contributed by atoms with E-state index in [0.29, 0.717) is 63.1 Å². The van der Waals surface area contributed by atoms with E-state index < -0.39 is 5.82 Å². The highest BCUT2D eigenvalue weighted by Crippen LogP contribution is 2.37. The lowest BCUT2D eigenvalue weighted by atomic mass is 10.1. The maximum absolute atomic E-state index is 15.1. The summed E-state index contributed by atoms with van der Waals surface area (Å²) in [6.45, 7) is 3.37. The Morgan fingerprint density at radius 3 is 2.84 bits per heavy atom. The Morgan fingerprint density at radius 2 is 2.11 bits per heavy atom. The van der Waals surface area contributed by atoms with Crippen LogP contribution in [0.4, 0.5) is 10.3 Å². The monoisotopic (exact) mass is 543 g/mol. The van der Waals surface area contributed by atoms with Crippen LogP contribution in [0.3, 0.4) is 0 Å². The molecule has 1 aliphatic heterocycles. The van der Waals surface area contributed by atoms with Crippen LogP contribution in [-0.2, 0) is 11.3 Å². The second-order valence-corrected chi connectivity index (χ2v) is 10.9. The van der Waals surface area contributed by atoms with Crippen LogP contribution in [0.5, 0.6) is 0 Å². The molecule has 1 N–H and O–H groups in total. The number of aliphatic hydroxyl groups is 1. The summed E-state index contributed by atoms with van der Waals surface area (Å²) in [5, 5.41) is 14.6. The second-order valence-electron chi connectivity index (χ2n) is 9.46. The molecule has 0 bridgehead atoms. The largest absolute Gasteiger partial charge is 0.395 e. The van der Waals surface area contributed by atoms with Gasteiger partial charge in [0.2, 0.25) is 5.95 Å². The van der Waals surface area contributed by atoms with Crippen molar-refractivity contribution in [2.24, 2.45) is 4.99 Å². The molecule has 2 aliphatic rings. The molecule has 9 nitrogen and oxygen atoms in total. The number of benzene rings is 1. The predicted octanol–water partition coefficient (Wildman–Crippen LogP) is 3.97. The topological polar surface area (TPSA) is 93.6 Å². The molecule has 3 aromatic heterocycles. The van der Waals surface area contributed by atoms with Gasteiger partial charge in [0.15, 0.2) is 10.4 Å². The number of ether oxygens (including phenoxy) is 1. The van der Waals surface area contributed by atoms with E-state index in [1.54, 1.807) is 19.2 Å². The third-order valence-electron chi connectivity index (χ3n) is 6.67.